The van der Waals surface area contributed by atoms with Gasteiger partial charge in [-0.15, -0.1) is 0 Å². The van der Waals surface area contributed by atoms with Crippen LogP contribution >= 0.6 is 0 Å². The third-order valence-corrected chi connectivity index (χ3v) is 5.73. The van der Waals surface area contributed by atoms with Crippen LogP contribution in [0.3, 0.4) is 0 Å². The maximum Gasteiger partial charge on any atom is 0.231 e. The number of aryl methyl sites for hydroxylation is 1. The average molecular weight is 305 g/mol. The quantitative estimate of drug-likeness (QED) is 0.819. The predicted octanol–water partition coefficient (Wildman–Crippen LogP) is 4.07. The van der Waals surface area contributed by atoms with Crippen LogP contribution in [0.1, 0.15) is 41.5 Å². The smallest absolute Gasteiger partial charge is 0.231 e. The second kappa shape index (κ2) is 5.23. The number of rotatable bonds is 2. The molecule has 2 aromatic rings. The lowest BCUT2D eigenvalue weighted by molar-refractivity contribution is -0.129. The van der Waals surface area contributed by atoms with Crippen molar-refractivity contribution in [2.45, 2.75) is 39.2 Å². The molecule has 0 N–H and O–H groups in total. The largest absolute Gasteiger partial charge is 0.337 e. The van der Waals surface area contributed by atoms with E-state index in [0.717, 1.165) is 25.9 Å². The van der Waals surface area contributed by atoms with Crippen LogP contribution in [0.5, 0.6) is 0 Å². The molecule has 2 nitrogen and oxygen atoms in total. The molecule has 23 heavy (non-hydrogen) atoms. The molecule has 1 fully saturated rings. The van der Waals surface area contributed by atoms with Gasteiger partial charge in [-0.25, -0.2) is 0 Å². The number of amides is 1. The first-order chi connectivity index (χ1) is 11.1. The number of fused-ring (bicyclic) bond motifs is 3. The van der Waals surface area contributed by atoms with E-state index in [1.165, 1.54) is 22.3 Å². The van der Waals surface area contributed by atoms with E-state index in [1.807, 2.05) is 18.2 Å². The molecule has 1 aliphatic heterocycles. The summed E-state index contributed by atoms with van der Waals surface area (Å²) in [5, 5.41) is 0. The van der Waals surface area contributed by atoms with E-state index in [9.17, 15) is 4.79 Å². The molecule has 0 bridgehead atoms. The maximum atomic E-state index is 13.1. The first-order valence-corrected chi connectivity index (χ1v) is 8.50. The van der Waals surface area contributed by atoms with Crippen LogP contribution in [0.2, 0.25) is 0 Å². The minimum atomic E-state index is 0.0369. The SMILES string of the molecule is Cc1cccc2c1CC[C@@]1(C)CN(Cc3ccccc3)C(=O)[C@@H]21. The molecule has 0 saturated carbocycles. The molecular weight excluding hydrogens is 282 g/mol. The Bertz CT molecular complexity index is 752. The molecule has 4 rings (SSSR count). The normalized spacial score (nSPS) is 26.1. The highest BCUT2D eigenvalue weighted by Crippen LogP contribution is 2.51. The van der Waals surface area contributed by atoms with E-state index in [0.29, 0.717) is 5.91 Å². The van der Waals surface area contributed by atoms with Gasteiger partial charge < -0.3 is 4.90 Å². The van der Waals surface area contributed by atoms with Crippen molar-refractivity contribution in [3.8, 4) is 0 Å². The van der Waals surface area contributed by atoms with Crippen LogP contribution in [0.15, 0.2) is 48.5 Å². The predicted molar refractivity (Wildman–Crippen MR) is 92.2 cm³/mol. The summed E-state index contributed by atoms with van der Waals surface area (Å²) in [6, 6.07) is 16.8. The average Bonchev–Trinajstić information content (AvgIpc) is 2.80. The zero-order valence-electron chi connectivity index (χ0n) is 13.9. The van der Waals surface area contributed by atoms with Gasteiger partial charge in [-0.1, -0.05) is 55.5 Å². The number of likely N-dealkylation sites (tertiary alicyclic amines) is 1. The first-order valence-electron chi connectivity index (χ1n) is 8.50. The number of hydrogen-bond donors (Lipinski definition) is 0. The topological polar surface area (TPSA) is 20.3 Å². The fourth-order valence-electron chi connectivity index (χ4n) is 4.50. The van der Waals surface area contributed by atoms with Gasteiger partial charge in [0, 0.05) is 18.5 Å². The van der Waals surface area contributed by atoms with Gasteiger partial charge in [-0.05, 0) is 42.0 Å². The molecular formula is C21H23NO. The maximum absolute atomic E-state index is 13.1. The molecule has 0 unspecified atom stereocenters. The summed E-state index contributed by atoms with van der Waals surface area (Å²) in [4.78, 5) is 15.2. The first kappa shape index (κ1) is 14.5. The summed E-state index contributed by atoms with van der Waals surface area (Å²) in [7, 11) is 0. The Morgan fingerprint density at radius 2 is 1.91 bits per heavy atom. The lowest BCUT2D eigenvalue weighted by Gasteiger charge is -2.36. The van der Waals surface area contributed by atoms with Crippen LogP contribution in [-0.2, 0) is 17.8 Å². The Hall–Kier alpha value is -2.09. The van der Waals surface area contributed by atoms with Crippen molar-refractivity contribution in [3.05, 3.63) is 70.8 Å². The summed E-state index contributed by atoms with van der Waals surface area (Å²) in [6.45, 7) is 6.07. The lowest BCUT2D eigenvalue weighted by atomic mass is 9.66. The van der Waals surface area contributed by atoms with E-state index in [1.54, 1.807) is 0 Å². The van der Waals surface area contributed by atoms with Gasteiger partial charge in [0.2, 0.25) is 5.91 Å². The molecule has 1 heterocycles. The van der Waals surface area contributed by atoms with Crippen LogP contribution in [-0.4, -0.2) is 17.4 Å². The molecule has 2 aliphatic rings. The van der Waals surface area contributed by atoms with E-state index < -0.39 is 0 Å². The van der Waals surface area contributed by atoms with Gasteiger partial charge in [0.15, 0.2) is 0 Å². The standard InChI is InChI=1S/C21H23NO/c1-15-7-6-10-18-17(15)11-12-21(2)14-22(20(23)19(18)21)13-16-8-4-3-5-9-16/h3-10,19H,11-14H2,1-2H3/t19-,21+/m1/s1. The molecule has 0 aromatic heterocycles. The Kier molecular flexibility index (Phi) is 3.29. The van der Waals surface area contributed by atoms with E-state index >= 15 is 0 Å². The minimum absolute atomic E-state index is 0.0369. The van der Waals surface area contributed by atoms with Crippen LogP contribution in [0, 0.1) is 12.3 Å². The Labute approximate surface area is 138 Å². The van der Waals surface area contributed by atoms with Crippen molar-refractivity contribution in [2.24, 2.45) is 5.41 Å². The van der Waals surface area contributed by atoms with E-state index in [2.05, 4.69) is 49.1 Å². The van der Waals surface area contributed by atoms with Crippen molar-refractivity contribution in [3.63, 3.8) is 0 Å². The Morgan fingerprint density at radius 1 is 1.13 bits per heavy atom. The van der Waals surface area contributed by atoms with E-state index in [4.69, 9.17) is 0 Å². The van der Waals surface area contributed by atoms with Crippen molar-refractivity contribution in [1.82, 2.24) is 4.90 Å². The van der Waals surface area contributed by atoms with E-state index in [-0.39, 0.29) is 11.3 Å². The highest BCUT2D eigenvalue weighted by molar-refractivity contribution is 5.88. The van der Waals surface area contributed by atoms with Gasteiger partial charge in [0.05, 0.1) is 5.92 Å². The van der Waals surface area contributed by atoms with Crippen molar-refractivity contribution in [2.75, 3.05) is 6.54 Å². The molecule has 1 amide bonds. The molecule has 118 valence electrons. The molecule has 1 saturated heterocycles. The van der Waals surface area contributed by atoms with Crippen LogP contribution in [0.4, 0.5) is 0 Å². The number of benzene rings is 2. The molecule has 0 spiro atoms. The van der Waals surface area contributed by atoms with Crippen molar-refractivity contribution < 1.29 is 4.79 Å². The van der Waals surface area contributed by atoms with Crippen LogP contribution in [0.25, 0.3) is 0 Å². The Morgan fingerprint density at radius 3 is 2.70 bits per heavy atom. The summed E-state index contributed by atoms with van der Waals surface area (Å²) >= 11 is 0. The van der Waals surface area contributed by atoms with Gasteiger partial charge in [0.1, 0.15) is 0 Å². The van der Waals surface area contributed by atoms with Crippen molar-refractivity contribution in [1.29, 1.82) is 0 Å². The summed E-state index contributed by atoms with van der Waals surface area (Å²) in [5.41, 5.74) is 5.31. The monoisotopic (exact) mass is 305 g/mol. The molecule has 2 atom stereocenters. The summed E-state index contributed by atoms with van der Waals surface area (Å²) < 4.78 is 0. The molecule has 1 aliphatic carbocycles. The fourth-order valence-corrected chi connectivity index (χ4v) is 4.50. The minimum Gasteiger partial charge on any atom is -0.337 e. The number of carbonyl (C=O) groups is 1. The third-order valence-electron chi connectivity index (χ3n) is 5.73. The summed E-state index contributed by atoms with van der Waals surface area (Å²) in [6.07, 6.45) is 2.20. The summed E-state index contributed by atoms with van der Waals surface area (Å²) in [5.74, 6) is 0.345. The van der Waals surface area contributed by atoms with Gasteiger partial charge in [-0.3, -0.25) is 4.79 Å². The van der Waals surface area contributed by atoms with Crippen molar-refractivity contribution >= 4 is 5.91 Å². The molecule has 2 heteroatoms. The van der Waals surface area contributed by atoms with Gasteiger partial charge in [-0.2, -0.15) is 0 Å². The lowest BCUT2D eigenvalue weighted by Crippen LogP contribution is -2.31. The second-order valence-electron chi connectivity index (χ2n) is 7.41. The Balaban J connectivity index is 1.69. The highest BCUT2D eigenvalue weighted by atomic mass is 16.2. The number of carbonyl (C=O) groups excluding carboxylic acids is 1. The third kappa shape index (κ3) is 2.28. The number of nitrogens with zero attached hydrogens (tertiary/aromatic N) is 1. The van der Waals surface area contributed by atoms with Gasteiger partial charge >= 0.3 is 0 Å². The zero-order chi connectivity index (χ0) is 16.0. The highest BCUT2D eigenvalue weighted by Gasteiger charge is 2.51. The molecule has 2 aromatic carbocycles. The fraction of sp³-hybridized carbons (Fsp3) is 0.381. The van der Waals surface area contributed by atoms with Crippen LogP contribution < -0.4 is 0 Å². The second-order valence-corrected chi connectivity index (χ2v) is 7.41. The number of hydrogen-bond acceptors (Lipinski definition) is 1. The zero-order valence-corrected chi connectivity index (χ0v) is 13.9. The molecule has 0 radical (unpaired) electrons. The van der Waals surface area contributed by atoms with Gasteiger partial charge in [0.25, 0.3) is 0 Å².